The summed E-state index contributed by atoms with van der Waals surface area (Å²) in [5.41, 5.74) is 9.56. The molecule has 3 heterocycles. The Morgan fingerprint density at radius 3 is 0.848 bits per heavy atom. The van der Waals surface area contributed by atoms with Crippen molar-refractivity contribution in [1.82, 2.24) is 13.7 Å². The van der Waals surface area contributed by atoms with Gasteiger partial charge in [-0.25, -0.2) is 0 Å². The summed E-state index contributed by atoms with van der Waals surface area (Å²) >= 11 is 0. The van der Waals surface area contributed by atoms with Crippen LogP contribution in [0.15, 0.2) is 54.6 Å². The molecule has 0 amide bonds. The molecule has 0 atom stereocenters. The zero-order valence-corrected chi connectivity index (χ0v) is 41.9. The molecule has 0 N–H and O–H groups in total. The zero-order valence-electron chi connectivity index (χ0n) is 41.9. The van der Waals surface area contributed by atoms with Gasteiger partial charge in [0.1, 0.15) is 0 Å². The first kappa shape index (κ1) is 49.2. The normalized spacial score (nSPS) is 12.1. The van der Waals surface area contributed by atoms with E-state index in [-0.39, 0.29) is 17.3 Å². The Hall–Kier alpha value is -4.71. The Morgan fingerprint density at radius 1 is 0.333 bits per heavy atom. The molecule has 0 aliphatic heterocycles. The van der Waals surface area contributed by atoms with Gasteiger partial charge < -0.3 is 13.7 Å². The highest BCUT2D eigenvalue weighted by Crippen LogP contribution is 2.49. The molecule has 0 spiro atoms. The van der Waals surface area contributed by atoms with Crippen molar-refractivity contribution in [1.29, 1.82) is 0 Å². The molecular weight excluding hydrogens is 811 g/mol. The van der Waals surface area contributed by atoms with Crippen LogP contribution in [0, 0.1) is 0 Å². The fraction of sp³-hybridized carbons (Fsp3) is 0.550. The van der Waals surface area contributed by atoms with Gasteiger partial charge in [0.2, 0.25) is 0 Å². The van der Waals surface area contributed by atoms with Gasteiger partial charge in [-0.3, -0.25) is 14.4 Å². The van der Waals surface area contributed by atoms with Gasteiger partial charge in [0, 0.05) is 104 Å². The third-order valence-corrected chi connectivity index (χ3v) is 14.6. The van der Waals surface area contributed by atoms with Crippen molar-refractivity contribution in [3.8, 4) is 0 Å². The fourth-order valence-electron chi connectivity index (χ4n) is 10.9. The number of hydrogen-bond acceptors (Lipinski definition) is 3. The molecule has 4 aromatic carbocycles. The molecule has 0 aliphatic rings. The summed E-state index contributed by atoms with van der Waals surface area (Å²) in [6.45, 7) is 16.0. The predicted octanol–water partition coefficient (Wildman–Crippen LogP) is 18.0. The van der Waals surface area contributed by atoms with Crippen LogP contribution >= 0.6 is 0 Å². The Labute approximate surface area is 395 Å². The topological polar surface area (TPSA) is 66.0 Å². The molecule has 7 rings (SSSR count). The van der Waals surface area contributed by atoms with E-state index in [2.05, 4.69) is 110 Å². The van der Waals surface area contributed by atoms with Gasteiger partial charge in [-0.05, 0) is 93.1 Å². The zero-order chi connectivity index (χ0) is 46.6. The molecule has 6 nitrogen and oxygen atoms in total. The van der Waals surface area contributed by atoms with E-state index < -0.39 is 0 Å². The highest BCUT2D eigenvalue weighted by Gasteiger charge is 2.29. The summed E-state index contributed by atoms with van der Waals surface area (Å²) in [5.74, 6) is 0.647. The van der Waals surface area contributed by atoms with Crippen LogP contribution in [-0.4, -0.2) is 31.1 Å². The van der Waals surface area contributed by atoms with Crippen molar-refractivity contribution in [3.63, 3.8) is 0 Å². The summed E-state index contributed by atoms with van der Waals surface area (Å²) in [7, 11) is 0. The Morgan fingerprint density at radius 2 is 0.591 bits per heavy atom. The van der Waals surface area contributed by atoms with Crippen molar-refractivity contribution in [3.05, 3.63) is 71.3 Å². The van der Waals surface area contributed by atoms with Crippen LogP contribution in [0.3, 0.4) is 0 Å². The molecule has 354 valence electrons. The molecule has 6 heteroatoms. The molecule has 66 heavy (non-hydrogen) atoms. The Bertz CT molecular complexity index is 2440. The van der Waals surface area contributed by atoms with Crippen LogP contribution in [0.5, 0.6) is 0 Å². The van der Waals surface area contributed by atoms with Crippen LogP contribution in [0.25, 0.3) is 65.4 Å². The predicted molar refractivity (Wildman–Crippen MR) is 283 cm³/mol. The molecule has 0 saturated heterocycles. The van der Waals surface area contributed by atoms with Gasteiger partial charge in [-0.1, -0.05) is 138 Å². The summed E-state index contributed by atoms with van der Waals surface area (Å²) in [5, 5.41) is 7.03. The van der Waals surface area contributed by atoms with Gasteiger partial charge in [0.05, 0.1) is 16.6 Å². The summed E-state index contributed by atoms with van der Waals surface area (Å²) in [6, 6.07) is 19.7. The largest absolute Gasteiger partial charge is 0.340 e. The van der Waals surface area contributed by atoms with E-state index in [0.29, 0.717) is 19.3 Å². The summed E-state index contributed by atoms with van der Waals surface area (Å²) < 4.78 is 7.81. The molecule has 0 unspecified atom stereocenters. The molecule has 0 fully saturated rings. The SMILES string of the molecule is CCCCCCn1c2ccc(C(=O)CCCCC)cc2c2c1c1c3cc(C(=O)CCCCC)ccc3n(CCCCCC)c1c1c3cc(C(=O)CCCCC)ccc3n(CCCCCC)c21. The Balaban J connectivity index is 1.68. The van der Waals surface area contributed by atoms with E-state index in [1.807, 2.05) is 0 Å². The second-order valence-electron chi connectivity index (χ2n) is 19.6. The van der Waals surface area contributed by atoms with Crippen molar-refractivity contribution >= 4 is 82.8 Å². The van der Waals surface area contributed by atoms with Crippen molar-refractivity contribution in [2.24, 2.45) is 0 Å². The van der Waals surface area contributed by atoms with Crippen LogP contribution < -0.4 is 0 Å². The third kappa shape index (κ3) is 10.4. The number of nitrogens with zero attached hydrogens (tertiary/aromatic N) is 3. The molecule has 0 aliphatic carbocycles. The minimum atomic E-state index is 0.216. The highest BCUT2D eigenvalue weighted by atomic mass is 16.1. The molecule has 7 aromatic rings. The maximum atomic E-state index is 14.1. The van der Waals surface area contributed by atoms with Crippen LogP contribution in [0.1, 0.15) is 227 Å². The standard InChI is InChI=1S/C60H81N3O3/c1-7-13-19-25-37-61-49-34-31-43(52(64)28-22-16-10-4)40-46(49)55-58(61)56-47-41-44(53(65)29-23-17-11-5)32-35-50(47)62(38-26-20-14-8-2)60(56)57-48-42-45(54(66)30-24-18-12-6)33-36-51(48)63(59(55)57)39-27-21-15-9-3/h31-36,40-42H,7-30,37-39H2,1-6H3. The maximum absolute atomic E-state index is 14.1. The van der Waals surface area contributed by atoms with Gasteiger partial charge >= 0.3 is 0 Å². The minimum Gasteiger partial charge on any atom is -0.340 e. The van der Waals surface area contributed by atoms with Crippen molar-refractivity contribution < 1.29 is 14.4 Å². The first-order valence-electron chi connectivity index (χ1n) is 26.9. The smallest absolute Gasteiger partial charge is 0.162 e. The number of hydrogen-bond donors (Lipinski definition) is 0. The second kappa shape index (κ2) is 23.8. The lowest BCUT2D eigenvalue weighted by atomic mass is 9.97. The molecule has 3 aromatic heterocycles. The number of benzene rings is 4. The van der Waals surface area contributed by atoms with Crippen molar-refractivity contribution in [2.75, 3.05) is 0 Å². The number of Topliss-reactive ketones (excluding diaryl/α,β-unsaturated/α-hetero) is 3. The second-order valence-corrected chi connectivity index (χ2v) is 19.6. The van der Waals surface area contributed by atoms with E-state index in [1.54, 1.807) is 0 Å². The third-order valence-electron chi connectivity index (χ3n) is 14.6. The number of carbonyl (C=O) groups is 3. The average Bonchev–Trinajstić information content (AvgIpc) is 3.95. The number of carbonyl (C=O) groups excluding carboxylic acids is 3. The van der Waals surface area contributed by atoms with Crippen LogP contribution in [0.2, 0.25) is 0 Å². The number of ketones is 3. The molecular formula is C60H81N3O3. The quantitative estimate of drug-likeness (QED) is 0.0334. The first-order valence-corrected chi connectivity index (χ1v) is 26.9. The Kier molecular flexibility index (Phi) is 17.8. The average molecular weight is 892 g/mol. The van der Waals surface area contributed by atoms with Gasteiger partial charge in [0.25, 0.3) is 0 Å². The van der Waals surface area contributed by atoms with E-state index in [4.69, 9.17) is 0 Å². The number of aromatic nitrogens is 3. The fourth-order valence-corrected chi connectivity index (χ4v) is 10.9. The lowest BCUT2D eigenvalue weighted by Crippen LogP contribution is -2.02. The van der Waals surface area contributed by atoms with Crippen LogP contribution in [-0.2, 0) is 19.6 Å². The van der Waals surface area contributed by atoms with Crippen molar-refractivity contribution in [2.45, 2.75) is 215 Å². The van der Waals surface area contributed by atoms with E-state index in [9.17, 15) is 14.4 Å². The number of unbranched alkanes of at least 4 members (excludes halogenated alkanes) is 15. The van der Waals surface area contributed by atoms with Crippen LogP contribution in [0.4, 0.5) is 0 Å². The molecule has 0 bridgehead atoms. The lowest BCUT2D eigenvalue weighted by Gasteiger charge is -2.13. The maximum Gasteiger partial charge on any atom is 0.162 e. The molecule has 0 radical (unpaired) electrons. The first-order chi connectivity index (χ1) is 32.3. The number of rotatable bonds is 30. The summed E-state index contributed by atoms with van der Waals surface area (Å²) in [4.78, 5) is 42.2. The lowest BCUT2D eigenvalue weighted by molar-refractivity contribution is 0.0971. The monoisotopic (exact) mass is 892 g/mol. The number of aryl methyl sites for hydroxylation is 3. The van der Waals surface area contributed by atoms with E-state index >= 15 is 0 Å². The highest BCUT2D eigenvalue weighted by molar-refractivity contribution is 6.40. The summed E-state index contributed by atoms with van der Waals surface area (Å²) in [6.07, 6.45) is 24.5. The van der Waals surface area contributed by atoms with E-state index in [0.717, 1.165) is 149 Å². The van der Waals surface area contributed by atoms with E-state index in [1.165, 1.54) is 87.8 Å². The molecule has 0 saturated carbocycles. The number of fused-ring (bicyclic) bond motifs is 12. The van der Waals surface area contributed by atoms with Gasteiger partial charge in [-0.15, -0.1) is 0 Å². The van der Waals surface area contributed by atoms with Gasteiger partial charge in [0.15, 0.2) is 17.3 Å². The van der Waals surface area contributed by atoms with Gasteiger partial charge in [-0.2, -0.15) is 0 Å². The minimum absolute atomic E-state index is 0.216.